The molecule has 4 aliphatic rings. The molecule has 27 heavy (non-hydrogen) atoms. The molecule has 3 heterocycles. The maximum absolute atomic E-state index is 13.5. The zero-order valence-corrected chi connectivity index (χ0v) is 15.1. The number of rotatable bonds is 2. The van der Waals surface area contributed by atoms with Gasteiger partial charge in [0.15, 0.2) is 0 Å². The van der Waals surface area contributed by atoms with Crippen molar-refractivity contribution >= 4 is 23.4 Å². The van der Waals surface area contributed by atoms with Crippen LogP contribution in [0.2, 0.25) is 0 Å². The van der Waals surface area contributed by atoms with Gasteiger partial charge in [0.05, 0.1) is 17.9 Å². The first-order chi connectivity index (χ1) is 13.0. The van der Waals surface area contributed by atoms with Crippen LogP contribution in [-0.2, 0) is 19.9 Å². The minimum atomic E-state index is -1.30. The fourth-order valence-electron chi connectivity index (χ4n) is 5.65. The number of aliphatic hydroxyl groups is 1. The predicted octanol–water partition coefficient (Wildman–Crippen LogP) is 0.730. The molecule has 1 spiro atoms. The van der Waals surface area contributed by atoms with E-state index in [1.165, 1.54) is 4.90 Å². The normalized spacial score (nSPS) is 36.4. The number of hydrogen-bond donors (Lipinski definition) is 3. The van der Waals surface area contributed by atoms with Crippen molar-refractivity contribution in [1.82, 2.24) is 10.2 Å². The van der Waals surface area contributed by atoms with E-state index in [0.29, 0.717) is 11.3 Å². The van der Waals surface area contributed by atoms with E-state index in [9.17, 15) is 19.5 Å². The molecule has 3 aliphatic heterocycles. The average molecular weight is 369 g/mol. The van der Waals surface area contributed by atoms with Crippen LogP contribution in [0.4, 0.5) is 5.69 Å². The van der Waals surface area contributed by atoms with Gasteiger partial charge in [-0.1, -0.05) is 31.0 Å². The fraction of sp³-hybridized carbons (Fsp3) is 0.550. The van der Waals surface area contributed by atoms with Crippen molar-refractivity contribution in [3.8, 4) is 0 Å². The molecule has 0 unspecified atom stereocenters. The first-order valence-electron chi connectivity index (χ1n) is 9.70. The molecule has 7 nitrogen and oxygen atoms in total. The van der Waals surface area contributed by atoms with E-state index in [4.69, 9.17) is 0 Å². The Bertz CT molecular complexity index is 847. The summed E-state index contributed by atoms with van der Waals surface area (Å²) in [5, 5.41) is 16.4. The molecule has 7 heteroatoms. The van der Waals surface area contributed by atoms with Gasteiger partial charge in [-0.25, -0.2) is 0 Å². The number of carbonyl (C=O) groups is 3. The lowest BCUT2D eigenvalue weighted by Crippen LogP contribution is -2.55. The predicted molar refractivity (Wildman–Crippen MR) is 96.4 cm³/mol. The van der Waals surface area contributed by atoms with Gasteiger partial charge in [-0.3, -0.25) is 24.6 Å². The second kappa shape index (κ2) is 5.62. The zero-order valence-electron chi connectivity index (χ0n) is 15.1. The monoisotopic (exact) mass is 369 g/mol. The molecule has 1 aromatic rings. The molecule has 142 valence electrons. The summed E-state index contributed by atoms with van der Waals surface area (Å²) in [6, 6.07) is 6.53. The van der Waals surface area contributed by atoms with E-state index in [0.717, 1.165) is 25.7 Å². The van der Waals surface area contributed by atoms with Gasteiger partial charge >= 0.3 is 0 Å². The molecular formula is C20H23N3O4. The van der Waals surface area contributed by atoms with Crippen molar-refractivity contribution in [3.05, 3.63) is 29.8 Å². The highest BCUT2D eigenvalue weighted by Crippen LogP contribution is 2.54. The minimum Gasteiger partial charge on any atom is -0.392 e. The quantitative estimate of drug-likeness (QED) is 0.668. The molecule has 3 amide bonds. The van der Waals surface area contributed by atoms with Gasteiger partial charge in [-0.05, 0) is 25.8 Å². The highest BCUT2D eigenvalue weighted by molar-refractivity contribution is 6.15. The van der Waals surface area contributed by atoms with E-state index in [1.807, 2.05) is 18.2 Å². The lowest BCUT2D eigenvalue weighted by Gasteiger charge is -2.31. The van der Waals surface area contributed by atoms with Crippen molar-refractivity contribution in [1.29, 1.82) is 0 Å². The molecule has 3 fully saturated rings. The van der Waals surface area contributed by atoms with E-state index in [2.05, 4.69) is 10.6 Å². The van der Waals surface area contributed by atoms with Gasteiger partial charge in [0.1, 0.15) is 5.54 Å². The SMILES string of the molecule is C[C@H](O)[C@H]1N[C@]2(C(=O)Nc3ccccc32)[C@@H]2C(=O)N(C3CCCC3)C(=O)[C@@H]12. The number of nitrogens with zero attached hydrogens (tertiary/aromatic N) is 1. The number of aliphatic hydroxyl groups excluding tert-OH is 1. The van der Waals surface area contributed by atoms with Gasteiger partial charge in [-0.15, -0.1) is 0 Å². The second-order valence-electron chi connectivity index (χ2n) is 8.21. The Balaban J connectivity index is 1.66. The van der Waals surface area contributed by atoms with Gasteiger partial charge in [0, 0.05) is 23.3 Å². The summed E-state index contributed by atoms with van der Waals surface area (Å²) in [6.45, 7) is 1.60. The van der Waals surface area contributed by atoms with Crippen molar-refractivity contribution in [3.63, 3.8) is 0 Å². The first-order valence-corrected chi connectivity index (χ1v) is 9.70. The van der Waals surface area contributed by atoms with Gasteiger partial charge in [-0.2, -0.15) is 0 Å². The van der Waals surface area contributed by atoms with Gasteiger partial charge in [0.2, 0.25) is 17.7 Å². The third-order valence-corrected chi connectivity index (χ3v) is 6.80. The molecule has 5 rings (SSSR count). The minimum absolute atomic E-state index is 0.0815. The molecular weight excluding hydrogens is 346 g/mol. The maximum Gasteiger partial charge on any atom is 0.250 e. The number of hydrogen-bond acceptors (Lipinski definition) is 5. The Kier molecular flexibility index (Phi) is 3.52. The molecule has 1 aliphatic carbocycles. The number of nitrogens with one attached hydrogen (secondary N) is 2. The Hall–Kier alpha value is -2.25. The van der Waals surface area contributed by atoms with Crippen molar-refractivity contribution in [2.45, 2.75) is 56.3 Å². The number of fused-ring (bicyclic) bond motifs is 4. The highest BCUT2D eigenvalue weighted by Gasteiger charge is 2.71. The van der Waals surface area contributed by atoms with E-state index < -0.39 is 29.5 Å². The van der Waals surface area contributed by atoms with E-state index in [1.54, 1.807) is 13.0 Å². The molecule has 0 aromatic heterocycles. The summed E-state index contributed by atoms with van der Waals surface area (Å²) in [6.07, 6.45) is 2.78. The van der Waals surface area contributed by atoms with Crippen molar-refractivity contribution in [2.75, 3.05) is 5.32 Å². The van der Waals surface area contributed by atoms with Crippen LogP contribution in [0.15, 0.2) is 24.3 Å². The van der Waals surface area contributed by atoms with Crippen molar-refractivity contribution in [2.24, 2.45) is 11.8 Å². The first kappa shape index (κ1) is 16.9. The Labute approximate surface area is 157 Å². The lowest BCUT2D eigenvalue weighted by atomic mass is 9.76. The molecule has 1 saturated carbocycles. The van der Waals surface area contributed by atoms with Crippen LogP contribution in [0.1, 0.15) is 38.2 Å². The molecule has 2 saturated heterocycles. The van der Waals surface area contributed by atoms with Crippen molar-refractivity contribution < 1.29 is 19.5 Å². The smallest absolute Gasteiger partial charge is 0.250 e. The Morgan fingerprint density at radius 2 is 1.85 bits per heavy atom. The lowest BCUT2D eigenvalue weighted by molar-refractivity contribution is -0.145. The standard InChI is InChI=1S/C20H23N3O4/c1-10(24)16-14-15(18(26)23(17(14)25)11-6-2-3-7-11)20(22-16)12-8-4-5-9-13(12)21-19(20)27/h4-5,8-11,14-16,22,24H,2-3,6-7H2,1H3,(H,21,27)/t10-,14+,15-,16+,20-/m0/s1. The molecule has 5 atom stereocenters. The summed E-state index contributed by atoms with van der Waals surface area (Å²) >= 11 is 0. The van der Waals surface area contributed by atoms with Crippen LogP contribution in [0.25, 0.3) is 0 Å². The third kappa shape index (κ3) is 2.01. The molecule has 1 aromatic carbocycles. The summed E-state index contributed by atoms with van der Waals surface area (Å²) in [5.41, 5.74) is 0.0327. The van der Waals surface area contributed by atoms with Crippen LogP contribution < -0.4 is 10.6 Å². The fourth-order valence-corrected chi connectivity index (χ4v) is 5.65. The number of anilines is 1. The topological polar surface area (TPSA) is 98.7 Å². The van der Waals surface area contributed by atoms with Crippen LogP contribution in [0.5, 0.6) is 0 Å². The molecule has 0 bridgehead atoms. The summed E-state index contributed by atoms with van der Waals surface area (Å²) in [4.78, 5) is 41.3. The second-order valence-corrected chi connectivity index (χ2v) is 8.21. The number of carbonyl (C=O) groups excluding carboxylic acids is 3. The Morgan fingerprint density at radius 1 is 1.15 bits per heavy atom. The summed E-state index contributed by atoms with van der Waals surface area (Å²) < 4.78 is 0. The number of para-hydroxylation sites is 1. The zero-order chi connectivity index (χ0) is 18.9. The molecule has 0 radical (unpaired) electrons. The largest absolute Gasteiger partial charge is 0.392 e. The van der Waals surface area contributed by atoms with Gasteiger partial charge < -0.3 is 10.4 Å². The number of amides is 3. The van der Waals surface area contributed by atoms with Crippen LogP contribution >= 0.6 is 0 Å². The van der Waals surface area contributed by atoms with E-state index in [-0.39, 0.29) is 23.8 Å². The molecule has 3 N–H and O–H groups in total. The third-order valence-electron chi connectivity index (χ3n) is 6.80. The summed E-state index contributed by atoms with van der Waals surface area (Å²) in [5.74, 6) is -2.40. The Morgan fingerprint density at radius 3 is 2.56 bits per heavy atom. The number of benzene rings is 1. The van der Waals surface area contributed by atoms with Gasteiger partial charge in [0.25, 0.3) is 0 Å². The van der Waals surface area contributed by atoms with Crippen LogP contribution in [0.3, 0.4) is 0 Å². The maximum atomic E-state index is 13.5. The van der Waals surface area contributed by atoms with E-state index >= 15 is 0 Å². The number of imide groups is 1. The average Bonchev–Trinajstić information content (AvgIpc) is 3.37. The summed E-state index contributed by atoms with van der Waals surface area (Å²) in [7, 11) is 0. The number of likely N-dealkylation sites (tertiary alicyclic amines) is 1. The van der Waals surface area contributed by atoms with Crippen LogP contribution in [0, 0.1) is 11.8 Å². The van der Waals surface area contributed by atoms with Crippen LogP contribution in [-0.4, -0.2) is 45.9 Å². The highest BCUT2D eigenvalue weighted by atomic mass is 16.3.